The van der Waals surface area contributed by atoms with E-state index in [9.17, 15) is 0 Å². The van der Waals surface area contributed by atoms with Gasteiger partial charge in [-0.3, -0.25) is 0 Å². The maximum absolute atomic E-state index is 6.45. The fourth-order valence-corrected chi connectivity index (χ4v) is 11.8. The third-order valence-corrected chi connectivity index (χ3v) is 14.5. The molecule has 6 aromatic rings. The average molecular weight is 800 g/mol. The van der Waals surface area contributed by atoms with E-state index >= 15 is 0 Å². The number of aliphatic imine (C=N–C) groups is 4. The summed E-state index contributed by atoms with van der Waals surface area (Å²) in [6.45, 7) is 9.81. The monoisotopic (exact) mass is 799 g/mol. The molecule has 1 radical (unpaired) electrons. The molecule has 0 aliphatic carbocycles. The minimum atomic E-state index is -2.16. The fourth-order valence-electron chi connectivity index (χ4n) is 7.69. The van der Waals surface area contributed by atoms with Crippen molar-refractivity contribution in [1.82, 2.24) is 5.11 Å². The van der Waals surface area contributed by atoms with E-state index in [0.29, 0.717) is 36.6 Å². The van der Waals surface area contributed by atoms with Crippen LogP contribution in [0.3, 0.4) is 0 Å². The number of hydrogen-bond acceptors (Lipinski definition) is 8. The van der Waals surface area contributed by atoms with Crippen molar-refractivity contribution in [3.05, 3.63) is 117 Å². The Labute approximate surface area is 318 Å². The van der Waals surface area contributed by atoms with Crippen molar-refractivity contribution in [3.8, 4) is 11.5 Å². The van der Waals surface area contributed by atoms with Crippen LogP contribution in [-0.2, 0) is 0 Å². The second-order valence-electron chi connectivity index (χ2n) is 13.9. The van der Waals surface area contributed by atoms with E-state index in [4.69, 9.17) is 39.4 Å². The molecule has 0 N–H and O–H groups in total. The predicted molar refractivity (Wildman–Crippen MR) is 211 cm³/mol. The molecule has 4 aliphatic heterocycles. The number of hydrogen-bond donors (Lipinski definition) is 0. The number of rotatable bonds is 8. The van der Waals surface area contributed by atoms with E-state index in [2.05, 4.69) is 106 Å². The Bertz CT molecular complexity index is 2640. The number of aryl methyl sites for hydroxylation is 2. The van der Waals surface area contributed by atoms with Gasteiger partial charge in [0.05, 0.1) is 0 Å². The van der Waals surface area contributed by atoms with Crippen LogP contribution < -0.4 is 20.4 Å². The fraction of sp³-hybridized carbons (Fsp3) is 0.238. The Morgan fingerprint density at radius 1 is 0.491 bits per heavy atom. The van der Waals surface area contributed by atoms with Crippen LogP contribution in [0.1, 0.15) is 72.9 Å². The zero-order valence-corrected chi connectivity index (χ0v) is 33.4. The summed E-state index contributed by atoms with van der Waals surface area (Å²) in [5.74, 6) is 5.71. The van der Waals surface area contributed by atoms with Gasteiger partial charge in [-0.2, -0.15) is 0 Å². The Balaban J connectivity index is 1.36. The molecule has 0 amide bonds. The van der Waals surface area contributed by atoms with Crippen LogP contribution in [0.25, 0.3) is 21.5 Å². The molecule has 10 rings (SSSR count). The molecular weight excluding hydrogens is 763 g/mol. The van der Waals surface area contributed by atoms with Crippen molar-refractivity contribution in [2.75, 3.05) is 13.2 Å². The van der Waals surface area contributed by atoms with Crippen molar-refractivity contribution in [3.63, 3.8) is 0 Å². The second kappa shape index (κ2) is 12.7. The Hall–Kier alpha value is -5.29. The number of nitrogens with zero attached hydrogens (tertiary/aromatic N) is 8. The molecule has 0 saturated heterocycles. The van der Waals surface area contributed by atoms with E-state index in [1.54, 1.807) is 0 Å². The van der Waals surface area contributed by atoms with Crippen LogP contribution >= 0.6 is 0 Å². The van der Waals surface area contributed by atoms with Gasteiger partial charge < -0.3 is 0 Å². The van der Waals surface area contributed by atoms with E-state index < -0.39 is 23.5 Å². The third kappa shape index (κ3) is 5.00. The molecule has 6 heterocycles. The topological polar surface area (TPSA) is 102 Å². The van der Waals surface area contributed by atoms with Gasteiger partial charge in [0.15, 0.2) is 0 Å². The summed E-state index contributed by atoms with van der Waals surface area (Å²) < 4.78 is 17.6. The van der Waals surface area contributed by atoms with Crippen molar-refractivity contribution >= 4 is 80.0 Å². The van der Waals surface area contributed by atoms with Crippen molar-refractivity contribution in [2.45, 2.75) is 53.4 Å². The zero-order valence-electron chi connectivity index (χ0n) is 30.1. The van der Waals surface area contributed by atoms with Crippen LogP contribution in [0.4, 0.5) is 11.6 Å². The van der Waals surface area contributed by atoms with Gasteiger partial charge in [-0.25, -0.2) is 0 Å². The Morgan fingerprint density at radius 2 is 0.925 bits per heavy atom. The van der Waals surface area contributed by atoms with Crippen LogP contribution in [0.5, 0.6) is 11.5 Å². The predicted octanol–water partition coefficient (Wildman–Crippen LogP) is 7.44. The van der Waals surface area contributed by atoms with Gasteiger partial charge in [-0.15, -0.1) is 0 Å². The molecule has 4 aromatic carbocycles. The standard InChI is InChI=1S/C42H36N8O2.In/c1-5-7-21-51-29-19-17-23(3)31-33(29)41-47-37-27-15-11-12-16-28(27)38(44-37)48-42-34-30(52-22-8-6-2)20-18-24(4)32(34)40(50-42)46-36-26-14-10-9-13-25(26)35(43-36)45-39(31)49-41;/h9-20H,5-8,21-22H2,1-4H3;/q-2;+2. The van der Waals surface area contributed by atoms with Crippen molar-refractivity contribution < 1.29 is 9.47 Å². The molecule has 6 bridgehead atoms. The SMILES string of the molecule is CCCCOc1ccc(C)c2c1C1=Nc3c4ccccc4c4[n]3[In][n]3c(c5ccccc5c3=NC3=NC(=N4)c4c(OCCCC)ccc(C)c43)=NC2=N1. The van der Waals surface area contributed by atoms with Crippen LogP contribution in [0, 0.1) is 13.8 Å². The summed E-state index contributed by atoms with van der Waals surface area (Å²) in [5, 5.41) is 4.06. The van der Waals surface area contributed by atoms with Gasteiger partial charge in [-0.1, -0.05) is 0 Å². The summed E-state index contributed by atoms with van der Waals surface area (Å²) in [4.78, 5) is 32.3. The molecule has 0 spiro atoms. The molecular formula is C42H36InN8O2. The normalized spacial score (nSPS) is 14.6. The van der Waals surface area contributed by atoms with E-state index in [0.717, 1.165) is 115 Å². The maximum atomic E-state index is 6.45. The van der Waals surface area contributed by atoms with Crippen LogP contribution in [0.2, 0.25) is 0 Å². The first kappa shape index (κ1) is 32.4. The summed E-state index contributed by atoms with van der Waals surface area (Å²) in [5.41, 5.74) is 7.53. The Morgan fingerprint density at radius 3 is 1.38 bits per heavy atom. The summed E-state index contributed by atoms with van der Waals surface area (Å²) in [6, 6.07) is 25.2. The average Bonchev–Trinajstić information content (AvgIpc) is 3.88. The number of amidine groups is 4. The third-order valence-electron chi connectivity index (χ3n) is 10.4. The van der Waals surface area contributed by atoms with E-state index in [1.165, 1.54) is 0 Å². The first-order chi connectivity index (χ1) is 26.0. The summed E-state index contributed by atoms with van der Waals surface area (Å²) in [7, 11) is 0. The zero-order chi connectivity index (χ0) is 35.8. The molecule has 259 valence electrons. The number of fused-ring (bicyclic) bond motifs is 14. The molecule has 2 aromatic heterocycles. The molecule has 0 atom stereocenters. The minimum absolute atomic E-state index is 0.607. The van der Waals surface area contributed by atoms with Crippen LogP contribution in [-0.4, -0.2) is 65.1 Å². The first-order valence-corrected chi connectivity index (χ1v) is 21.4. The van der Waals surface area contributed by atoms with Gasteiger partial charge >= 0.3 is 320 Å². The van der Waals surface area contributed by atoms with Crippen molar-refractivity contribution in [2.24, 2.45) is 30.0 Å². The second-order valence-corrected chi connectivity index (χ2v) is 17.5. The molecule has 0 saturated carbocycles. The van der Waals surface area contributed by atoms with Gasteiger partial charge in [-0.05, 0) is 0 Å². The molecule has 0 fully saturated rings. The van der Waals surface area contributed by atoms with Crippen LogP contribution in [0.15, 0.2) is 103 Å². The Kier molecular flexibility index (Phi) is 7.75. The van der Waals surface area contributed by atoms with E-state index in [1.807, 2.05) is 0 Å². The number of aromatic nitrogens is 2. The number of ether oxygens (including phenoxy) is 2. The van der Waals surface area contributed by atoms with Crippen molar-refractivity contribution in [1.29, 1.82) is 0 Å². The van der Waals surface area contributed by atoms with E-state index in [-0.39, 0.29) is 0 Å². The number of benzene rings is 4. The molecule has 4 aliphatic rings. The summed E-state index contributed by atoms with van der Waals surface area (Å²) in [6.07, 6.45) is 4.01. The molecule has 53 heavy (non-hydrogen) atoms. The number of unbranched alkanes of at least 4 members (excludes halogenated alkanes) is 2. The molecule has 11 heteroatoms. The van der Waals surface area contributed by atoms with Gasteiger partial charge in [0.2, 0.25) is 0 Å². The molecule has 10 nitrogen and oxygen atoms in total. The van der Waals surface area contributed by atoms with Gasteiger partial charge in [0, 0.05) is 0 Å². The first-order valence-electron chi connectivity index (χ1n) is 18.5. The summed E-state index contributed by atoms with van der Waals surface area (Å²) >= 11 is -2.16. The molecule has 0 unspecified atom stereocenters. The quantitative estimate of drug-likeness (QED) is 0.150. The van der Waals surface area contributed by atoms with Gasteiger partial charge in [0.1, 0.15) is 0 Å². The van der Waals surface area contributed by atoms with Gasteiger partial charge in [0.25, 0.3) is 0 Å².